The van der Waals surface area contributed by atoms with Crippen LogP contribution in [0.25, 0.3) is 11.0 Å². The molecule has 0 bridgehead atoms. The van der Waals surface area contributed by atoms with E-state index in [9.17, 15) is 0 Å². The average molecular weight is 222 g/mol. The van der Waals surface area contributed by atoms with Crippen molar-refractivity contribution in [3.63, 3.8) is 0 Å². The number of nitrogens with two attached hydrogens (primary N) is 1. The van der Waals surface area contributed by atoms with E-state index in [1.807, 2.05) is 18.2 Å². The van der Waals surface area contributed by atoms with Crippen molar-refractivity contribution < 1.29 is 0 Å². The van der Waals surface area contributed by atoms with Gasteiger partial charge in [0.05, 0.1) is 10.5 Å². The molecule has 0 radical (unpaired) electrons. The maximum atomic E-state index is 6.08. The quantitative estimate of drug-likeness (QED) is 0.805. The van der Waals surface area contributed by atoms with Crippen LogP contribution in [0.2, 0.25) is 5.02 Å². The van der Waals surface area contributed by atoms with E-state index in [0.29, 0.717) is 11.0 Å². The second-order valence-electron chi connectivity index (χ2n) is 4.41. The summed E-state index contributed by atoms with van der Waals surface area (Å²) in [7, 11) is 0. The number of imidazole rings is 1. The van der Waals surface area contributed by atoms with E-state index in [1.165, 1.54) is 0 Å². The Kier molecular flexibility index (Phi) is 1.61. The van der Waals surface area contributed by atoms with Crippen molar-refractivity contribution in [2.75, 3.05) is 5.73 Å². The number of hydrogen-bond acceptors (Lipinski definition) is 2. The first kappa shape index (κ1) is 9.04. The van der Waals surface area contributed by atoms with Gasteiger partial charge in [-0.1, -0.05) is 17.7 Å². The first-order valence-corrected chi connectivity index (χ1v) is 5.42. The zero-order valence-corrected chi connectivity index (χ0v) is 9.25. The molecule has 3 nitrogen and oxygen atoms in total. The van der Waals surface area contributed by atoms with E-state index in [-0.39, 0.29) is 5.54 Å². The summed E-state index contributed by atoms with van der Waals surface area (Å²) in [6, 6.07) is 5.80. The summed E-state index contributed by atoms with van der Waals surface area (Å²) < 4.78 is 2.11. The second-order valence-corrected chi connectivity index (χ2v) is 4.82. The van der Waals surface area contributed by atoms with Gasteiger partial charge < -0.3 is 10.3 Å². The van der Waals surface area contributed by atoms with Gasteiger partial charge in [0.2, 0.25) is 5.95 Å². The molecule has 1 aliphatic carbocycles. The van der Waals surface area contributed by atoms with Gasteiger partial charge in [-0.3, -0.25) is 0 Å². The molecule has 1 aliphatic rings. The molecule has 0 unspecified atom stereocenters. The third-order valence-corrected chi connectivity index (χ3v) is 3.48. The Hall–Kier alpha value is -1.22. The molecule has 2 aromatic rings. The molecule has 0 spiro atoms. The largest absolute Gasteiger partial charge is 0.369 e. The minimum absolute atomic E-state index is 0.156. The number of halogens is 1. The predicted molar refractivity (Wildman–Crippen MR) is 62.0 cm³/mol. The number of rotatable bonds is 1. The van der Waals surface area contributed by atoms with Crippen LogP contribution in [-0.4, -0.2) is 9.55 Å². The average Bonchev–Trinajstić information content (AvgIpc) is 2.80. The molecule has 1 aromatic carbocycles. The standard InChI is InChI=1S/C11H12ClN3/c1-11(5-6-11)15-8-4-2-3-7(12)9(8)14-10(15)13/h2-4H,5-6H2,1H3,(H2,13,14). The SMILES string of the molecule is CC1(n2c(N)nc3c(Cl)cccc32)CC1. The number of fused-ring (bicyclic) bond motifs is 1. The fraction of sp³-hybridized carbons (Fsp3) is 0.364. The minimum Gasteiger partial charge on any atom is -0.369 e. The van der Waals surface area contributed by atoms with E-state index in [4.69, 9.17) is 17.3 Å². The number of anilines is 1. The van der Waals surface area contributed by atoms with Crippen LogP contribution in [0.15, 0.2) is 18.2 Å². The monoisotopic (exact) mass is 221 g/mol. The molecular formula is C11H12ClN3. The summed E-state index contributed by atoms with van der Waals surface area (Å²) in [4.78, 5) is 4.33. The van der Waals surface area contributed by atoms with Crippen LogP contribution < -0.4 is 5.73 Å². The lowest BCUT2D eigenvalue weighted by molar-refractivity contribution is 0.557. The van der Waals surface area contributed by atoms with Crippen LogP contribution in [0.3, 0.4) is 0 Å². The van der Waals surface area contributed by atoms with E-state index in [0.717, 1.165) is 23.9 Å². The smallest absolute Gasteiger partial charge is 0.201 e. The van der Waals surface area contributed by atoms with Crippen LogP contribution in [-0.2, 0) is 5.54 Å². The van der Waals surface area contributed by atoms with Gasteiger partial charge in [-0.15, -0.1) is 0 Å². The third-order valence-electron chi connectivity index (χ3n) is 3.18. The molecule has 1 fully saturated rings. The van der Waals surface area contributed by atoms with E-state index < -0.39 is 0 Å². The number of nitrogen functional groups attached to an aromatic ring is 1. The van der Waals surface area contributed by atoms with Gasteiger partial charge >= 0.3 is 0 Å². The lowest BCUT2D eigenvalue weighted by atomic mass is 10.2. The lowest BCUT2D eigenvalue weighted by Crippen LogP contribution is -2.14. The number of benzene rings is 1. The zero-order chi connectivity index (χ0) is 10.6. The van der Waals surface area contributed by atoms with Crippen molar-refractivity contribution in [3.8, 4) is 0 Å². The summed E-state index contributed by atoms with van der Waals surface area (Å²) >= 11 is 6.08. The molecule has 0 aliphatic heterocycles. The van der Waals surface area contributed by atoms with Crippen molar-refractivity contribution in [2.24, 2.45) is 0 Å². The van der Waals surface area contributed by atoms with Crippen molar-refractivity contribution in [2.45, 2.75) is 25.3 Å². The number of para-hydroxylation sites is 1. The molecular weight excluding hydrogens is 210 g/mol. The topological polar surface area (TPSA) is 43.8 Å². The van der Waals surface area contributed by atoms with Crippen LogP contribution in [0.5, 0.6) is 0 Å². The van der Waals surface area contributed by atoms with Gasteiger partial charge in [0.1, 0.15) is 5.52 Å². The highest BCUT2D eigenvalue weighted by Crippen LogP contribution is 2.46. The number of aromatic nitrogens is 2. The highest BCUT2D eigenvalue weighted by Gasteiger charge is 2.41. The predicted octanol–water partition coefficient (Wildman–Crippen LogP) is 2.78. The van der Waals surface area contributed by atoms with Crippen molar-refractivity contribution >= 4 is 28.6 Å². The van der Waals surface area contributed by atoms with Crippen LogP contribution >= 0.6 is 11.6 Å². The molecule has 2 N–H and O–H groups in total. The van der Waals surface area contributed by atoms with Gasteiger partial charge in [0, 0.05) is 5.54 Å². The Morgan fingerprint density at radius 3 is 2.87 bits per heavy atom. The molecule has 1 saturated carbocycles. The van der Waals surface area contributed by atoms with E-state index >= 15 is 0 Å². The first-order chi connectivity index (χ1) is 7.12. The Balaban J connectivity index is 2.38. The number of nitrogens with zero attached hydrogens (tertiary/aromatic N) is 2. The number of hydrogen-bond donors (Lipinski definition) is 1. The van der Waals surface area contributed by atoms with Crippen LogP contribution in [0.1, 0.15) is 19.8 Å². The molecule has 1 heterocycles. The highest BCUT2D eigenvalue weighted by molar-refractivity contribution is 6.35. The van der Waals surface area contributed by atoms with Gasteiger partial charge in [-0.25, -0.2) is 4.98 Å². The molecule has 1 aromatic heterocycles. The van der Waals surface area contributed by atoms with E-state index in [2.05, 4.69) is 16.5 Å². The summed E-state index contributed by atoms with van der Waals surface area (Å²) in [5.41, 5.74) is 7.95. The molecule has 0 amide bonds. The van der Waals surface area contributed by atoms with Crippen LogP contribution in [0, 0.1) is 0 Å². The minimum atomic E-state index is 0.156. The Morgan fingerprint density at radius 2 is 2.20 bits per heavy atom. The lowest BCUT2D eigenvalue weighted by Gasteiger charge is -2.13. The van der Waals surface area contributed by atoms with Gasteiger partial charge in [0.25, 0.3) is 0 Å². The Bertz CT molecular complexity index is 540. The van der Waals surface area contributed by atoms with Crippen molar-refractivity contribution in [3.05, 3.63) is 23.2 Å². The van der Waals surface area contributed by atoms with Crippen LogP contribution in [0.4, 0.5) is 5.95 Å². The zero-order valence-electron chi connectivity index (χ0n) is 8.50. The molecule has 3 rings (SSSR count). The van der Waals surface area contributed by atoms with Crippen molar-refractivity contribution in [1.29, 1.82) is 0 Å². The Labute approximate surface area is 92.8 Å². The first-order valence-electron chi connectivity index (χ1n) is 5.05. The van der Waals surface area contributed by atoms with Crippen molar-refractivity contribution in [1.82, 2.24) is 9.55 Å². The molecule has 4 heteroatoms. The van der Waals surface area contributed by atoms with Gasteiger partial charge in [0.15, 0.2) is 0 Å². The molecule has 0 saturated heterocycles. The maximum Gasteiger partial charge on any atom is 0.201 e. The highest BCUT2D eigenvalue weighted by atomic mass is 35.5. The third kappa shape index (κ3) is 1.16. The summed E-state index contributed by atoms with van der Waals surface area (Å²) in [5, 5.41) is 0.669. The normalized spacial score (nSPS) is 18.3. The second kappa shape index (κ2) is 2.67. The maximum absolute atomic E-state index is 6.08. The Morgan fingerprint density at radius 1 is 1.47 bits per heavy atom. The fourth-order valence-corrected chi connectivity index (χ4v) is 2.27. The molecule has 78 valence electrons. The van der Waals surface area contributed by atoms with Gasteiger partial charge in [-0.05, 0) is 31.9 Å². The summed E-state index contributed by atoms with van der Waals surface area (Å²) in [6.07, 6.45) is 2.32. The molecule has 0 atom stereocenters. The summed E-state index contributed by atoms with van der Waals surface area (Å²) in [5.74, 6) is 0.568. The van der Waals surface area contributed by atoms with Gasteiger partial charge in [-0.2, -0.15) is 0 Å². The summed E-state index contributed by atoms with van der Waals surface area (Å²) in [6.45, 7) is 2.20. The van der Waals surface area contributed by atoms with E-state index in [1.54, 1.807) is 0 Å². The molecule has 15 heavy (non-hydrogen) atoms. The fourth-order valence-electron chi connectivity index (χ4n) is 2.05.